The molecule has 0 radical (unpaired) electrons. The summed E-state index contributed by atoms with van der Waals surface area (Å²) in [6.07, 6.45) is 2.84. The maximum atomic E-state index is 12.0. The number of nitrogens with one attached hydrogen (secondary N) is 1. The van der Waals surface area contributed by atoms with Gasteiger partial charge in [-0.15, -0.1) is 0 Å². The molecule has 1 aromatic carbocycles. The number of rotatable bonds is 9. The van der Waals surface area contributed by atoms with E-state index in [0.717, 1.165) is 30.9 Å². The number of hydrogen-bond acceptors (Lipinski definition) is 3. The van der Waals surface area contributed by atoms with E-state index >= 15 is 0 Å². The third-order valence-corrected chi connectivity index (χ3v) is 3.60. The standard InChI is InChI=1S/C16H25N3OS/c1-3-5-10-19(4-2)11-9-15(20)18-14-8-6-7-13(12-14)16(17)21/h6-8,12H,3-5,9-11H2,1-2H3,(H2,17,21)(H,18,20). The third kappa shape index (κ3) is 6.69. The molecule has 21 heavy (non-hydrogen) atoms. The minimum atomic E-state index is 0.0186. The second kappa shape index (κ2) is 9.47. The molecule has 0 spiro atoms. The van der Waals surface area contributed by atoms with Gasteiger partial charge in [-0.05, 0) is 31.6 Å². The van der Waals surface area contributed by atoms with Gasteiger partial charge in [0.05, 0.1) is 0 Å². The molecule has 0 aliphatic rings. The molecule has 1 rings (SSSR count). The number of carbonyl (C=O) groups excluding carboxylic acids is 1. The normalized spacial score (nSPS) is 10.6. The van der Waals surface area contributed by atoms with E-state index in [1.165, 1.54) is 12.8 Å². The minimum Gasteiger partial charge on any atom is -0.389 e. The zero-order chi connectivity index (χ0) is 15.7. The predicted molar refractivity (Wildman–Crippen MR) is 92.6 cm³/mol. The van der Waals surface area contributed by atoms with Crippen molar-refractivity contribution in [2.75, 3.05) is 25.0 Å². The molecule has 0 bridgehead atoms. The van der Waals surface area contributed by atoms with E-state index < -0.39 is 0 Å². The van der Waals surface area contributed by atoms with Crippen molar-refractivity contribution in [3.63, 3.8) is 0 Å². The first-order valence-corrected chi connectivity index (χ1v) is 7.89. The van der Waals surface area contributed by atoms with Crippen LogP contribution < -0.4 is 11.1 Å². The minimum absolute atomic E-state index is 0.0186. The number of amides is 1. The maximum Gasteiger partial charge on any atom is 0.225 e. The van der Waals surface area contributed by atoms with Crippen LogP contribution in [0.1, 0.15) is 38.7 Å². The molecule has 0 fully saturated rings. The average molecular weight is 307 g/mol. The van der Waals surface area contributed by atoms with Gasteiger partial charge in [0.2, 0.25) is 5.91 Å². The molecule has 0 saturated heterocycles. The summed E-state index contributed by atoms with van der Waals surface area (Å²) >= 11 is 4.94. The van der Waals surface area contributed by atoms with Gasteiger partial charge in [0.25, 0.3) is 0 Å². The van der Waals surface area contributed by atoms with Crippen molar-refractivity contribution < 1.29 is 4.79 Å². The van der Waals surface area contributed by atoms with Crippen molar-refractivity contribution in [1.82, 2.24) is 4.90 Å². The molecule has 1 amide bonds. The summed E-state index contributed by atoms with van der Waals surface area (Å²) in [6.45, 7) is 7.12. The Morgan fingerprint density at radius 1 is 1.33 bits per heavy atom. The number of nitrogens with two attached hydrogens (primary N) is 1. The van der Waals surface area contributed by atoms with E-state index in [9.17, 15) is 4.79 Å². The van der Waals surface area contributed by atoms with Crippen LogP contribution in [-0.2, 0) is 4.79 Å². The molecule has 4 nitrogen and oxygen atoms in total. The monoisotopic (exact) mass is 307 g/mol. The number of carbonyl (C=O) groups is 1. The van der Waals surface area contributed by atoms with E-state index in [1.54, 1.807) is 6.07 Å². The maximum absolute atomic E-state index is 12.0. The highest BCUT2D eigenvalue weighted by Gasteiger charge is 2.07. The average Bonchev–Trinajstić information content (AvgIpc) is 2.47. The third-order valence-electron chi connectivity index (χ3n) is 3.36. The van der Waals surface area contributed by atoms with Crippen LogP contribution in [0.2, 0.25) is 0 Å². The summed E-state index contributed by atoms with van der Waals surface area (Å²) in [4.78, 5) is 14.6. The molecule has 1 aromatic rings. The Morgan fingerprint density at radius 2 is 2.10 bits per heavy atom. The second-order valence-corrected chi connectivity index (χ2v) is 5.47. The van der Waals surface area contributed by atoms with Crippen molar-refractivity contribution in [2.45, 2.75) is 33.1 Å². The van der Waals surface area contributed by atoms with E-state index in [1.807, 2.05) is 18.2 Å². The second-order valence-electron chi connectivity index (χ2n) is 5.03. The van der Waals surface area contributed by atoms with Crippen molar-refractivity contribution in [2.24, 2.45) is 5.73 Å². The topological polar surface area (TPSA) is 58.4 Å². The molecule has 0 saturated carbocycles. The Balaban J connectivity index is 2.46. The molecule has 0 aliphatic carbocycles. The number of anilines is 1. The fourth-order valence-corrected chi connectivity index (χ4v) is 2.17. The Labute approximate surface area is 132 Å². The van der Waals surface area contributed by atoms with Crippen molar-refractivity contribution in [3.05, 3.63) is 29.8 Å². The Kier molecular flexibility index (Phi) is 7.93. The van der Waals surface area contributed by atoms with E-state index in [4.69, 9.17) is 18.0 Å². The van der Waals surface area contributed by atoms with E-state index in [0.29, 0.717) is 11.4 Å². The van der Waals surface area contributed by atoms with Gasteiger partial charge in [-0.2, -0.15) is 0 Å². The first kappa shape index (κ1) is 17.6. The molecular weight excluding hydrogens is 282 g/mol. The van der Waals surface area contributed by atoms with E-state index in [-0.39, 0.29) is 5.91 Å². The summed E-state index contributed by atoms with van der Waals surface area (Å²) in [6, 6.07) is 7.31. The van der Waals surface area contributed by atoms with Crippen LogP contribution in [0.15, 0.2) is 24.3 Å². The lowest BCUT2D eigenvalue weighted by molar-refractivity contribution is -0.116. The number of benzene rings is 1. The SMILES string of the molecule is CCCCN(CC)CCC(=O)Nc1cccc(C(N)=S)c1. The molecule has 0 unspecified atom stereocenters. The summed E-state index contributed by atoms with van der Waals surface area (Å²) in [5, 5.41) is 2.89. The highest BCUT2D eigenvalue weighted by molar-refractivity contribution is 7.80. The van der Waals surface area contributed by atoms with Gasteiger partial charge in [-0.3, -0.25) is 4.79 Å². The fraction of sp³-hybridized carbons (Fsp3) is 0.500. The van der Waals surface area contributed by atoms with Gasteiger partial charge < -0.3 is 16.0 Å². The molecular formula is C16H25N3OS. The molecule has 5 heteroatoms. The largest absolute Gasteiger partial charge is 0.389 e. The van der Waals surface area contributed by atoms with E-state index in [2.05, 4.69) is 24.1 Å². The Hall–Kier alpha value is -1.46. The quantitative estimate of drug-likeness (QED) is 0.689. The van der Waals surface area contributed by atoms with Gasteiger partial charge in [-0.25, -0.2) is 0 Å². The van der Waals surface area contributed by atoms with Crippen LogP contribution in [0.5, 0.6) is 0 Å². The number of nitrogens with zero attached hydrogens (tertiary/aromatic N) is 1. The van der Waals surface area contributed by atoms with Crippen molar-refractivity contribution in [1.29, 1.82) is 0 Å². The highest BCUT2D eigenvalue weighted by Crippen LogP contribution is 2.11. The summed E-state index contributed by atoms with van der Waals surface area (Å²) in [5.41, 5.74) is 7.09. The lowest BCUT2D eigenvalue weighted by Crippen LogP contribution is -2.28. The lowest BCUT2D eigenvalue weighted by Gasteiger charge is -2.19. The number of thiocarbonyl (C=S) groups is 1. The fourth-order valence-electron chi connectivity index (χ4n) is 2.04. The lowest BCUT2D eigenvalue weighted by atomic mass is 10.2. The summed E-state index contributed by atoms with van der Waals surface area (Å²) in [5.74, 6) is 0.0186. The Bertz CT molecular complexity index is 476. The van der Waals surface area contributed by atoms with Crippen molar-refractivity contribution in [3.8, 4) is 0 Å². The number of hydrogen-bond donors (Lipinski definition) is 2. The van der Waals surface area contributed by atoms with Crippen molar-refractivity contribution >= 4 is 28.8 Å². The Morgan fingerprint density at radius 3 is 2.71 bits per heavy atom. The molecule has 0 atom stereocenters. The van der Waals surface area contributed by atoms with Gasteiger partial charge in [0, 0.05) is 24.2 Å². The van der Waals surface area contributed by atoms with Crippen LogP contribution in [0, 0.1) is 0 Å². The number of unbranched alkanes of at least 4 members (excludes halogenated alkanes) is 1. The zero-order valence-corrected chi connectivity index (χ0v) is 13.7. The highest BCUT2D eigenvalue weighted by atomic mass is 32.1. The van der Waals surface area contributed by atoms with Crippen LogP contribution in [-0.4, -0.2) is 35.4 Å². The van der Waals surface area contributed by atoms with Gasteiger partial charge >= 0.3 is 0 Å². The first-order valence-electron chi connectivity index (χ1n) is 7.48. The van der Waals surface area contributed by atoms with Gasteiger partial charge in [0.15, 0.2) is 0 Å². The molecule has 0 aliphatic heterocycles. The zero-order valence-electron chi connectivity index (χ0n) is 12.9. The molecule has 0 aromatic heterocycles. The van der Waals surface area contributed by atoms with Gasteiger partial charge in [0.1, 0.15) is 4.99 Å². The van der Waals surface area contributed by atoms with Crippen LogP contribution in [0.4, 0.5) is 5.69 Å². The summed E-state index contributed by atoms with van der Waals surface area (Å²) < 4.78 is 0. The van der Waals surface area contributed by atoms with Crippen LogP contribution >= 0.6 is 12.2 Å². The smallest absolute Gasteiger partial charge is 0.225 e. The van der Waals surface area contributed by atoms with Crippen LogP contribution in [0.3, 0.4) is 0 Å². The molecule has 116 valence electrons. The van der Waals surface area contributed by atoms with Gasteiger partial charge in [-0.1, -0.05) is 44.6 Å². The molecule has 0 heterocycles. The molecule has 3 N–H and O–H groups in total. The predicted octanol–water partition coefficient (Wildman–Crippen LogP) is 2.77. The summed E-state index contributed by atoms with van der Waals surface area (Å²) in [7, 11) is 0. The first-order chi connectivity index (χ1) is 10.1. The van der Waals surface area contributed by atoms with Crippen LogP contribution in [0.25, 0.3) is 0 Å².